The predicted octanol–water partition coefficient (Wildman–Crippen LogP) is 5.78. The SMILES string of the molecule is C=C(CN1CCC(C(Nc2cc(-c3ccc4ccn(C)c4c3)c3nccnc3c2)c2cccnc2)CC1)NC. The number of aryl methyl sites for hydroxylation is 1. The van der Waals surface area contributed by atoms with Crippen molar-refractivity contribution >= 4 is 27.6 Å². The summed E-state index contributed by atoms with van der Waals surface area (Å²) in [5, 5.41) is 8.33. The highest BCUT2D eigenvalue weighted by Gasteiger charge is 2.28. The van der Waals surface area contributed by atoms with Gasteiger partial charge in [-0.1, -0.05) is 24.8 Å². The molecule has 0 bridgehead atoms. The fourth-order valence-corrected chi connectivity index (χ4v) is 5.81. The van der Waals surface area contributed by atoms with Crippen LogP contribution in [0, 0.1) is 5.92 Å². The van der Waals surface area contributed by atoms with E-state index in [-0.39, 0.29) is 6.04 Å². The maximum absolute atomic E-state index is 4.73. The predicted molar refractivity (Wildman–Crippen MR) is 159 cm³/mol. The lowest BCUT2D eigenvalue weighted by molar-refractivity contribution is 0.183. The van der Waals surface area contributed by atoms with Gasteiger partial charge in [0, 0.05) is 74.1 Å². The summed E-state index contributed by atoms with van der Waals surface area (Å²) in [5.41, 5.74) is 8.53. The van der Waals surface area contributed by atoms with E-state index in [2.05, 4.69) is 87.4 Å². The van der Waals surface area contributed by atoms with Gasteiger partial charge in [0.05, 0.1) is 17.1 Å². The number of piperidine rings is 1. The van der Waals surface area contributed by atoms with Crippen molar-refractivity contribution in [1.29, 1.82) is 0 Å². The van der Waals surface area contributed by atoms with Gasteiger partial charge in [-0.3, -0.25) is 19.9 Å². The molecule has 0 amide bonds. The van der Waals surface area contributed by atoms with Crippen molar-refractivity contribution in [2.75, 3.05) is 32.0 Å². The Balaban J connectivity index is 1.35. The highest BCUT2D eigenvalue weighted by atomic mass is 15.1. The summed E-state index contributed by atoms with van der Waals surface area (Å²) < 4.78 is 2.16. The number of aromatic nitrogens is 4. The van der Waals surface area contributed by atoms with Gasteiger partial charge in [0.15, 0.2) is 0 Å². The largest absolute Gasteiger partial charge is 0.391 e. The minimum absolute atomic E-state index is 0.144. The second kappa shape index (κ2) is 10.9. The lowest BCUT2D eigenvalue weighted by Gasteiger charge is -2.37. The van der Waals surface area contributed by atoms with E-state index in [1.165, 1.54) is 16.5 Å². The molecule has 2 N–H and O–H groups in total. The number of nitrogens with zero attached hydrogens (tertiary/aromatic N) is 5. The molecule has 0 spiro atoms. The molecule has 0 aliphatic carbocycles. The third kappa shape index (κ3) is 5.22. The topological polar surface area (TPSA) is 70.9 Å². The number of likely N-dealkylation sites (tertiary alicyclic amines) is 1. The first-order valence-corrected chi connectivity index (χ1v) is 13.6. The van der Waals surface area contributed by atoms with E-state index in [1.807, 2.05) is 25.5 Å². The lowest BCUT2D eigenvalue weighted by Crippen LogP contribution is -2.39. The second-order valence-electron chi connectivity index (χ2n) is 10.5. The molecule has 1 fully saturated rings. The van der Waals surface area contributed by atoms with Crippen molar-refractivity contribution in [1.82, 2.24) is 29.7 Å². The molecule has 1 atom stereocenters. The molecule has 2 aromatic carbocycles. The average Bonchev–Trinajstić information content (AvgIpc) is 3.36. The molecule has 4 heterocycles. The number of nitrogens with one attached hydrogen (secondary N) is 2. The number of hydrogen-bond donors (Lipinski definition) is 2. The third-order valence-electron chi connectivity index (χ3n) is 8.01. The smallest absolute Gasteiger partial charge is 0.0966 e. The summed E-state index contributed by atoms with van der Waals surface area (Å²) in [6.45, 7) is 7.11. The van der Waals surface area contributed by atoms with Gasteiger partial charge in [-0.05, 0) is 78.7 Å². The Morgan fingerprint density at radius 1 is 1.05 bits per heavy atom. The van der Waals surface area contributed by atoms with Crippen LogP contribution in [-0.4, -0.2) is 51.1 Å². The molecule has 6 rings (SSSR count). The maximum Gasteiger partial charge on any atom is 0.0966 e. The Hall–Kier alpha value is -4.23. The zero-order valence-electron chi connectivity index (χ0n) is 22.6. The van der Waals surface area contributed by atoms with Crippen molar-refractivity contribution in [3.63, 3.8) is 0 Å². The number of benzene rings is 2. The van der Waals surface area contributed by atoms with Crippen molar-refractivity contribution in [3.8, 4) is 11.1 Å². The van der Waals surface area contributed by atoms with Crippen LogP contribution >= 0.6 is 0 Å². The molecule has 1 saturated heterocycles. The molecule has 0 saturated carbocycles. The second-order valence-corrected chi connectivity index (χ2v) is 10.5. The Kier molecular flexibility index (Phi) is 6.99. The van der Waals surface area contributed by atoms with Crippen LogP contribution < -0.4 is 10.6 Å². The number of pyridine rings is 1. The van der Waals surface area contributed by atoms with Gasteiger partial charge in [-0.25, -0.2) is 0 Å². The Morgan fingerprint density at radius 3 is 2.69 bits per heavy atom. The lowest BCUT2D eigenvalue weighted by atomic mass is 9.85. The monoisotopic (exact) mass is 517 g/mol. The fraction of sp³-hybridized carbons (Fsp3) is 0.281. The number of fused-ring (bicyclic) bond motifs is 2. The Labute approximate surface area is 229 Å². The summed E-state index contributed by atoms with van der Waals surface area (Å²) in [6.07, 6.45) is 11.7. The molecule has 5 aromatic rings. The van der Waals surface area contributed by atoms with Crippen molar-refractivity contribution in [2.45, 2.75) is 18.9 Å². The molecule has 7 heteroatoms. The normalized spacial score (nSPS) is 15.4. The van der Waals surface area contributed by atoms with Gasteiger partial charge in [0.2, 0.25) is 0 Å². The minimum Gasteiger partial charge on any atom is -0.391 e. The van der Waals surface area contributed by atoms with E-state index in [0.717, 1.165) is 66.0 Å². The highest BCUT2D eigenvalue weighted by Crippen LogP contribution is 2.37. The quantitative estimate of drug-likeness (QED) is 0.272. The van der Waals surface area contributed by atoms with E-state index >= 15 is 0 Å². The molecule has 198 valence electrons. The van der Waals surface area contributed by atoms with Gasteiger partial charge < -0.3 is 15.2 Å². The standard InChI is InChI=1S/C32H35N7/c1-22(33-2)21-39-15-9-24(10-16-39)31(26-5-4-11-34-20-26)37-27-18-28(32-29(19-27)35-12-13-36-32)25-7-6-23-8-14-38(3)30(23)17-25/h4-8,11-14,17-20,24,31,33,37H,1,9-10,15-16,21H2,2-3H3. The van der Waals surface area contributed by atoms with Crippen LogP contribution in [0.25, 0.3) is 33.1 Å². The minimum atomic E-state index is 0.144. The molecule has 3 aromatic heterocycles. The molecule has 1 aliphatic heterocycles. The van der Waals surface area contributed by atoms with Crippen LogP contribution in [0.15, 0.2) is 91.8 Å². The van der Waals surface area contributed by atoms with Crippen molar-refractivity contribution in [3.05, 3.63) is 97.4 Å². The molecule has 7 nitrogen and oxygen atoms in total. The number of rotatable bonds is 8. The van der Waals surface area contributed by atoms with Crippen LogP contribution in [0.4, 0.5) is 5.69 Å². The molecular formula is C32H35N7. The van der Waals surface area contributed by atoms with Gasteiger partial charge in [0.1, 0.15) is 0 Å². The molecule has 1 unspecified atom stereocenters. The first-order chi connectivity index (χ1) is 19.1. The highest BCUT2D eigenvalue weighted by molar-refractivity contribution is 5.97. The maximum atomic E-state index is 4.73. The van der Waals surface area contributed by atoms with E-state index < -0.39 is 0 Å². The number of likely N-dealkylation sites (N-methyl/N-ethyl adjacent to an activating group) is 1. The first kappa shape index (κ1) is 25.1. The van der Waals surface area contributed by atoms with Gasteiger partial charge in [-0.2, -0.15) is 0 Å². The fourth-order valence-electron chi connectivity index (χ4n) is 5.81. The molecule has 1 aliphatic rings. The molecule has 39 heavy (non-hydrogen) atoms. The Bertz CT molecular complexity index is 1600. The average molecular weight is 518 g/mol. The Morgan fingerprint density at radius 2 is 1.90 bits per heavy atom. The van der Waals surface area contributed by atoms with Gasteiger partial charge in [0.25, 0.3) is 0 Å². The van der Waals surface area contributed by atoms with E-state index in [1.54, 1.807) is 12.4 Å². The van der Waals surface area contributed by atoms with Gasteiger partial charge in [-0.15, -0.1) is 0 Å². The summed E-state index contributed by atoms with van der Waals surface area (Å²) >= 11 is 0. The van der Waals surface area contributed by atoms with Crippen molar-refractivity contribution in [2.24, 2.45) is 13.0 Å². The van der Waals surface area contributed by atoms with Crippen LogP contribution in [-0.2, 0) is 7.05 Å². The summed E-state index contributed by atoms with van der Waals surface area (Å²) in [6, 6.07) is 17.5. The molecule has 0 radical (unpaired) electrons. The summed E-state index contributed by atoms with van der Waals surface area (Å²) in [4.78, 5) is 16.4. The first-order valence-electron chi connectivity index (χ1n) is 13.6. The molecular weight excluding hydrogens is 482 g/mol. The van der Waals surface area contributed by atoms with Crippen LogP contribution in [0.1, 0.15) is 24.4 Å². The zero-order valence-corrected chi connectivity index (χ0v) is 22.6. The third-order valence-corrected chi connectivity index (χ3v) is 8.01. The van der Waals surface area contributed by atoms with E-state index in [0.29, 0.717) is 5.92 Å². The van der Waals surface area contributed by atoms with Crippen LogP contribution in [0.3, 0.4) is 0 Å². The summed E-state index contributed by atoms with van der Waals surface area (Å²) in [7, 11) is 4.03. The van der Waals surface area contributed by atoms with E-state index in [9.17, 15) is 0 Å². The van der Waals surface area contributed by atoms with Crippen LogP contribution in [0.5, 0.6) is 0 Å². The number of anilines is 1. The summed E-state index contributed by atoms with van der Waals surface area (Å²) in [5.74, 6) is 0.481. The van der Waals surface area contributed by atoms with Crippen LogP contribution in [0.2, 0.25) is 0 Å². The number of hydrogen-bond acceptors (Lipinski definition) is 6. The van der Waals surface area contributed by atoms with Gasteiger partial charge >= 0.3 is 0 Å². The van der Waals surface area contributed by atoms with E-state index in [4.69, 9.17) is 9.97 Å². The zero-order chi connectivity index (χ0) is 26.8. The van der Waals surface area contributed by atoms with Crippen molar-refractivity contribution < 1.29 is 0 Å².